The Morgan fingerprint density at radius 1 is 1.14 bits per heavy atom. The Labute approximate surface area is 122 Å². The number of likely N-dealkylation sites (tertiary alicyclic amines) is 1. The second-order valence-electron chi connectivity index (χ2n) is 5.10. The second kappa shape index (κ2) is 6.74. The fraction of sp³-hybridized carbons (Fsp3) is 0.833. The van der Waals surface area contributed by atoms with Gasteiger partial charge in [0.1, 0.15) is 6.04 Å². The molecule has 1 aliphatic heterocycles. The molecule has 1 saturated heterocycles. The fourth-order valence-electron chi connectivity index (χ4n) is 2.33. The van der Waals surface area contributed by atoms with E-state index in [1.54, 1.807) is 12.2 Å². The van der Waals surface area contributed by atoms with Gasteiger partial charge in [0.15, 0.2) is 0 Å². The molecule has 10 heteroatoms. The first-order chi connectivity index (χ1) is 9.96. The molecule has 0 aromatic carbocycles. The van der Waals surface area contributed by atoms with E-state index in [-0.39, 0.29) is 12.8 Å². The standard InChI is InChI=1S/C12H16F6N2O2/c1-2-3-9(21)20-6-7(19-10(22)12(16,17)18)4-5-8(20)11(13,14)15/h7-8H,2-6H2,1H3,(H,19,22). The molecule has 1 heterocycles. The quantitative estimate of drug-likeness (QED) is 0.806. The molecule has 2 unspecified atom stereocenters. The first kappa shape index (κ1) is 18.6. The molecule has 0 spiro atoms. The fourth-order valence-corrected chi connectivity index (χ4v) is 2.33. The summed E-state index contributed by atoms with van der Waals surface area (Å²) >= 11 is 0. The highest BCUT2D eigenvalue weighted by Gasteiger charge is 2.49. The van der Waals surface area contributed by atoms with Crippen molar-refractivity contribution < 1.29 is 35.9 Å². The molecule has 0 aromatic heterocycles. The van der Waals surface area contributed by atoms with Gasteiger partial charge >= 0.3 is 18.3 Å². The van der Waals surface area contributed by atoms with Crippen molar-refractivity contribution in [1.29, 1.82) is 0 Å². The Balaban J connectivity index is 2.82. The zero-order valence-corrected chi connectivity index (χ0v) is 11.7. The van der Waals surface area contributed by atoms with Gasteiger partial charge in [-0.1, -0.05) is 6.92 Å². The van der Waals surface area contributed by atoms with E-state index in [9.17, 15) is 35.9 Å². The summed E-state index contributed by atoms with van der Waals surface area (Å²) in [5.74, 6) is -3.00. The van der Waals surface area contributed by atoms with E-state index >= 15 is 0 Å². The van der Waals surface area contributed by atoms with Crippen molar-refractivity contribution in [1.82, 2.24) is 10.2 Å². The smallest absolute Gasteiger partial charge is 0.344 e. The summed E-state index contributed by atoms with van der Waals surface area (Å²) in [6.45, 7) is 1.03. The van der Waals surface area contributed by atoms with Crippen LogP contribution >= 0.6 is 0 Å². The number of rotatable bonds is 3. The second-order valence-corrected chi connectivity index (χ2v) is 5.10. The molecule has 0 bridgehead atoms. The summed E-state index contributed by atoms with van der Waals surface area (Å²) in [6, 6.07) is -3.17. The van der Waals surface area contributed by atoms with Gasteiger partial charge in [-0.25, -0.2) is 0 Å². The molecule has 2 atom stereocenters. The van der Waals surface area contributed by atoms with Crippen molar-refractivity contribution in [2.24, 2.45) is 0 Å². The van der Waals surface area contributed by atoms with E-state index in [1.165, 1.54) is 0 Å². The minimum atomic E-state index is -5.11. The lowest BCUT2D eigenvalue weighted by molar-refractivity contribution is -0.198. The third kappa shape index (κ3) is 4.77. The van der Waals surface area contributed by atoms with Crippen LogP contribution in [0.25, 0.3) is 0 Å². The number of carbonyl (C=O) groups excluding carboxylic acids is 2. The molecule has 1 rings (SSSR count). The van der Waals surface area contributed by atoms with Gasteiger partial charge in [0.2, 0.25) is 5.91 Å². The van der Waals surface area contributed by atoms with Gasteiger partial charge in [-0.05, 0) is 19.3 Å². The molecule has 128 valence electrons. The predicted octanol–water partition coefficient (Wildman–Crippen LogP) is 2.39. The summed E-state index contributed by atoms with van der Waals surface area (Å²) in [5.41, 5.74) is 0. The van der Waals surface area contributed by atoms with Crippen LogP contribution < -0.4 is 5.32 Å². The van der Waals surface area contributed by atoms with Crippen molar-refractivity contribution in [3.05, 3.63) is 0 Å². The molecule has 2 amide bonds. The number of halogens is 6. The molecule has 4 nitrogen and oxygen atoms in total. The predicted molar refractivity (Wildman–Crippen MR) is 63.7 cm³/mol. The molecule has 0 aromatic rings. The van der Waals surface area contributed by atoms with E-state index in [4.69, 9.17) is 0 Å². The van der Waals surface area contributed by atoms with Crippen LogP contribution in [-0.4, -0.2) is 47.7 Å². The van der Waals surface area contributed by atoms with Crippen molar-refractivity contribution in [3.8, 4) is 0 Å². The number of amides is 2. The van der Waals surface area contributed by atoms with Crippen LogP contribution in [0.5, 0.6) is 0 Å². The van der Waals surface area contributed by atoms with E-state index in [0.29, 0.717) is 11.3 Å². The maximum atomic E-state index is 12.9. The number of carbonyl (C=O) groups is 2. The Kier molecular flexibility index (Phi) is 5.69. The lowest BCUT2D eigenvalue weighted by Crippen LogP contribution is -2.59. The minimum absolute atomic E-state index is 0.132. The molecular weight excluding hydrogens is 318 g/mol. The monoisotopic (exact) mass is 334 g/mol. The van der Waals surface area contributed by atoms with E-state index in [2.05, 4.69) is 0 Å². The number of nitrogens with zero attached hydrogens (tertiary/aromatic N) is 1. The Morgan fingerprint density at radius 2 is 1.73 bits per heavy atom. The maximum Gasteiger partial charge on any atom is 0.471 e. The number of hydrogen-bond donors (Lipinski definition) is 1. The van der Waals surface area contributed by atoms with Gasteiger partial charge in [-0.2, -0.15) is 26.3 Å². The molecular formula is C12H16F6N2O2. The maximum absolute atomic E-state index is 12.9. The largest absolute Gasteiger partial charge is 0.471 e. The molecule has 0 radical (unpaired) electrons. The number of nitrogens with one attached hydrogen (secondary N) is 1. The zero-order chi connectivity index (χ0) is 17.1. The van der Waals surface area contributed by atoms with Gasteiger partial charge in [0.25, 0.3) is 0 Å². The van der Waals surface area contributed by atoms with Crippen LogP contribution in [0.2, 0.25) is 0 Å². The molecule has 0 aliphatic carbocycles. The summed E-state index contributed by atoms with van der Waals surface area (Å²) < 4.78 is 75.3. The summed E-state index contributed by atoms with van der Waals surface area (Å²) in [6.07, 6.45) is -10.4. The normalized spacial score (nSPS) is 23.3. The lowest BCUT2D eigenvalue weighted by atomic mass is 9.97. The Hall–Kier alpha value is -1.48. The van der Waals surface area contributed by atoms with Gasteiger partial charge < -0.3 is 10.2 Å². The Morgan fingerprint density at radius 3 is 2.18 bits per heavy atom. The van der Waals surface area contributed by atoms with Crippen LogP contribution in [0.15, 0.2) is 0 Å². The van der Waals surface area contributed by atoms with Gasteiger partial charge in [0.05, 0.1) is 0 Å². The highest BCUT2D eigenvalue weighted by atomic mass is 19.4. The lowest BCUT2D eigenvalue weighted by Gasteiger charge is -2.40. The van der Waals surface area contributed by atoms with Crippen molar-refractivity contribution in [2.75, 3.05) is 6.54 Å². The van der Waals surface area contributed by atoms with Crippen LogP contribution in [0.4, 0.5) is 26.3 Å². The van der Waals surface area contributed by atoms with Gasteiger partial charge in [-0.15, -0.1) is 0 Å². The average Bonchev–Trinajstić information content (AvgIpc) is 2.36. The molecule has 1 N–H and O–H groups in total. The highest BCUT2D eigenvalue weighted by molar-refractivity contribution is 5.82. The van der Waals surface area contributed by atoms with Crippen LogP contribution in [0, 0.1) is 0 Å². The molecule has 1 fully saturated rings. The van der Waals surface area contributed by atoms with Crippen molar-refractivity contribution in [3.63, 3.8) is 0 Å². The van der Waals surface area contributed by atoms with Crippen LogP contribution in [0.1, 0.15) is 32.6 Å². The first-order valence-electron chi connectivity index (χ1n) is 6.70. The summed E-state index contributed by atoms with van der Waals surface area (Å²) in [5, 5.41) is 1.63. The first-order valence-corrected chi connectivity index (χ1v) is 6.70. The SMILES string of the molecule is CCCC(=O)N1CC(NC(=O)C(F)(F)F)CCC1C(F)(F)F. The van der Waals surface area contributed by atoms with E-state index < -0.39 is 49.2 Å². The highest BCUT2D eigenvalue weighted by Crippen LogP contribution is 2.32. The third-order valence-electron chi connectivity index (χ3n) is 3.34. The van der Waals surface area contributed by atoms with E-state index in [1.807, 2.05) is 0 Å². The number of hydrogen-bond acceptors (Lipinski definition) is 2. The zero-order valence-electron chi connectivity index (χ0n) is 11.7. The summed E-state index contributed by atoms with van der Waals surface area (Å²) in [7, 11) is 0. The Bertz CT molecular complexity index is 421. The van der Waals surface area contributed by atoms with Crippen molar-refractivity contribution in [2.45, 2.75) is 57.0 Å². The number of alkyl halides is 6. The average molecular weight is 334 g/mol. The van der Waals surface area contributed by atoms with E-state index in [0.717, 1.165) is 0 Å². The van der Waals surface area contributed by atoms with Crippen molar-refractivity contribution >= 4 is 11.8 Å². The number of piperidine rings is 1. The van der Waals surface area contributed by atoms with Crippen LogP contribution in [0.3, 0.4) is 0 Å². The molecule has 22 heavy (non-hydrogen) atoms. The molecule has 1 aliphatic rings. The topological polar surface area (TPSA) is 49.4 Å². The van der Waals surface area contributed by atoms with Gasteiger partial charge in [-0.3, -0.25) is 9.59 Å². The molecule has 0 saturated carbocycles. The summed E-state index contributed by atoms with van der Waals surface area (Å²) in [4.78, 5) is 23.1. The third-order valence-corrected chi connectivity index (χ3v) is 3.34. The van der Waals surface area contributed by atoms with Crippen LogP contribution in [-0.2, 0) is 9.59 Å². The van der Waals surface area contributed by atoms with Gasteiger partial charge in [0, 0.05) is 19.0 Å². The minimum Gasteiger partial charge on any atom is -0.344 e.